The van der Waals surface area contributed by atoms with Crippen LogP contribution in [-0.2, 0) is 4.74 Å². The van der Waals surface area contributed by atoms with Crippen LogP contribution in [0.2, 0.25) is 0 Å². The van der Waals surface area contributed by atoms with Crippen LogP contribution in [-0.4, -0.2) is 12.1 Å². The number of unbranched alkanes of at least 4 members (excludes halogenated alkanes) is 3. The molecule has 0 aliphatic carbocycles. The molecular formula is C16H24O2. The zero-order valence-corrected chi connectivity index (χ0v) is 11.7. The Balaban J connectivity index is 2.38. The minimum absolute atomic E-state index is 0.00830. The molecule has 2 nitrogen and oxygen atoms in total. The van der Waals surface area contributed by atoms with Gasteiger partial charge in [-0.1, -0.05) is 44.4 Å². The molecule has 1 rings (SSSR count). The van der Waals surface area contributed by atoms with Crippen LogP contribution in [0.1, 0.15) is 61.9 Å². The monoisotopic (exact) mass is 248 g/mol. The second-order valence-electron chi connectivity index (χ2n) is 4.88. The molecule has 0 bridgehead atoms. The maximum Gasteiger partial charge on any atom is 0.338 e. The summed E-state index contributed by atoms with van der Waals surface area (Å²) >= 11 is 0. The van der Waals surface area contributed by atoms with Gasteiger partial charge in [-0.05, 0) is 38.3 Å². The van der Waals surface area contributed by atoms with Gasteiger partial charge in [0, 0.05) is 0 Å². The molecule has 1 aromatic carbocycles. The van der Waals surface area contributed by atoms with Crippen LogP contribution < -0.4 is 0 Å². The fourth-order valence-corrected chi connectivity index (χ4v) is 1.97. The number of hydrogen-bond donors (Lipinski definition) is 0. The van der Waals surface area contributed by atoms with Crippen LogP contribution in [0.3, 0.4) is 0 Å². The molecule has 0 aliphatic heterocycles. The largest absolute Gasteiger partial charge is 0.459 e. The molecule has 0 radical (unpaired) electrons. The third-order valence-corrected chi connectivity index (χ3v) is 3.14. The molecule has 1 aromatic rings. The predicted molar refractivity (Wildman–Crippen MR) is 74.8 cm³/mol. The van der Waals surface area contributed by atoms with E-state index in [9.17, 15) is 4.79 Å². The minimum atomic E-state index is -0.198. The van der Waals surface area contributed by atoms with Crippen LogP contribution in [0.25, 0.3) is 0 Å². The Morgan fingerprint density at radius 2 is 1.94 bits per heavy atom. The van der Waals surface area contributed by atoms with Crippen molar-refractivity contribution in [1.82, 2.24) is 0 Å². The van der Waals surface area contributed by atoms with Crippen molar-refractivity contribution in [3.8, 4) is 0 Å². The van der Waals surface area contributed by atoms with E-state index in [4.69, 9.17) is 4.74 Å². The summed E-state index contributed by atoms with van der Waals surface area (Å²) in [5.41, 5.74) is 1.65. The van der Waals surface area contributed by atoms with Gasteiger partial charge in [0.05, 0.1) is 11.7 Å². The van der Waals surface area contributed by atoms with Gasteiger partial charge >= 0.3 is 5.97 Å². The number of ether oxygens (including phenoxy) is 1. The van der Waals surface area contributed by atoms with Crippen LogP contribution in [0.4, 0.5) is 0 Å². The average Bonchev–Trinajstić information content (AvgIpc) is 2.35. The Labute approximate surface area is 110 Å². The van der Waals surface area contributed by atoms with Gasteiger partial charge in [-0.25, -0.2) is 4.79 Å². The first-order valence-electron chi connectivity index (χ1n) is 6.91. The topological polar surface area (TPSA) is 26.3 Å². The highest BCUT2D eigenvalue weighted by Crippen LogP contribution is 2.13. The van der Waals surface area contributed by atoms with Crippen molar-refractivity contribution in [3.05, 3.63) is 35.4 Å². The average molecular weight is 248 g/mol. The molecule has 1 atom stereocenters. The maximum atomic E-state index is 11.9. The first kappa shape index (κ1) is 14.7. The molecule has 0 aromatic heterocycles. The Morgan fingerprint density at radius 1 is 1.22 bits per heavy atom. The van der Waals surface area contributed by atoms with Gasteiger partial charge < -0.3 is 4.74 Å². The second-order valence-corrected chi connectivity index (χ2v) is 4.88. The number of carbonyl (C=O) groups is 1. The van der Waals surface area contributed by atoms with E-state index in [0.29, 0.717) is 5.56 Å². The number of hydrogen-bond acceptors (Lipinski definition) is 2. The quantitative estimate of drug-likeness (QED) is 0.524. The molecule has 0 saturated carbocycles. The van der Waals surface area contributed by atoms with Crippen LogP contribution in [0, 0.1) is 6.92 Å². The van der Waals surface area contributed by atoms with E-state index in [2.05, 4.69) is 6.92 Å². The minimum Gasteiger partial charge on any atom is -0.459 e. The highest BCUT2D eigenvalue weighted by molar-refractivity contribution is 5.91. The lowest BCUT2D eigenvalue weighted by Crippen LogP contribution is -2.15. The Kier molecular flexibility index (Phi) is 6.48. The predicted octanol–water partition coefficient (Wildman–Crippen LogP) is 4.51. The molecule has 0 fully saturated rings. The van der Waals surface area contributed by atoms with Crippen LogP contribution in [0.5, 0.6) is 0 Å². The summed E-state index contributed by atoms with van der Waals surface area (Å²) in [4.78, 5) is 11.9. The van der Waals surface area contributed by atoms with E-state index in [1.54, 1.807) is 0 Å². The Morgan fingerprint density at radius 3 is 2.61 bits per heavy atom. The summed E-state index contributed by atoms with van der Waals surface area (Å²) in [5.74, 6) is -0.198. The Bertz CT molecular complexity index is 371. The van der Waals surface area contributed by atoms with Gasteiger partial charge in [-0.15, -0.1) is 0 Å². The van der Waals surface area contributed by atoms with Crippen molar-refractivity contribution in [2.45, 2.75) is 59.0 Å². The van der Waals surface area contributed by atoms with Gasteiger partial charge in [0.2, 0.25) is 0 Å². The van der Waals surface area contributed by atoms with Crippen molar-refractivity contribution in [1.29, 1.82) is 0 Å². The van der Waals surface area contributed by atoms with E-state index in [0.717, 1.165) is 18.4 Å². The molecule has 0 aliphatic rings. The molecule has 0 heterocycles. The van der Waals surface area contributed by atoms with Gasteiger partial charge in [-0.2, -0.15) is 0 Å². The third-order valence-electron chi connectivity index (χ3n) is 3.14. The number of carbonyl (C=O) groups excluding carboxylic acids is 1. The molecule has 100 valence electrons. The fourth-order valence-electron chi connectivity index (χ4n) is 1.97. The first-order chi connectivity index (χ1) is 8.65. The van der Waals surface area contributed by atoms with Gasteiger partial charge in [0.1, 0.15) is 0 Å². The first-order valence-corrected chi connectivity index (χ1v) is 6.91. The van der Waals surface area contributed by atoms with Crippen molar-refractivity contribution in [2.75, 3.05) is 0 Å². The van der Waals surface area contributed by atoms with Crippen LogP contribution >= 0.6 is 0 Å². The molecule has 2 heteroatoms. The Hall–Kier alpha value is -1.31. The normalized spacial score (nSPS) is 12.2. The SMILES string of the molecule is CCCCCCC(C)OC(=O)c1ccccc1C. The van der Waals surface area contributed by atoms with Crippen LogP contribution in [0.15, 0.2) is 24.3 Å². The molecule has 18 heavy (non-hydrogen) atoms. The summed E-state index contributed by atoms with van der Waals surface area (Å²) in [6.07, 6.45) is 5.82. The van der Waals surface area contributed by atoms with Crippen molar-refractivity contribution in [2.24, 2.45) is 0 Å². The van der Waals surface area contributed by atoms with Crippen molar-refractivity contribution >= 4 is 5.97 Å². The van der Waals surface area contributed by atoms with E-state index in [1.165, 1.54) is 19.3 Å². The van der Waals surface area contributed by atoms with Gasteiger partial charge in [-0.3, -0.25) is 0 Å². The van der Waals surface area contributed by atoms with Crippen molar-refractivity contribution < 1.29 is 9.53 Å². The third kappa shape index (κ3) is 4.91. The lowest BCUT2D eigenvalue weighted by molar-refractivity contribution is 0.0318. The zero-order valence-electron chi connectivity index (χ0n) is 11.7. The molecule has 0 spiro atoms. The lowest BCUT2D eigenvalue weighted by Gasteiger charge is -2.14. The fraction of sp³-hybridized carbons (Fsp3) is 0.562. The van der Waals surface area contributed by atoms with Crippen molar-refractivity contribution in [3.63, 3.8) is 0 Å². The highest BCUT2D eigenvalue weighted by atomic mass is 16.5. The molecule has 0 N–H and O–H groups in total. The lowest BCUT2D eigenvalue weighted by atomic mass is 10.1. The number of rotatable bonds is 7. The number of aryl methyl sites for hydroxylation is 1. The summed E-state index contributed by atoms with van der Waals surface area (Å²) in [6, 6.07) is 7.56. The maximum absolute atomic E-state index is 11.9. The van der Waals surface area contributed by atoms with E-state index in [-0.39, 0.29) is 12.1 Å². The summed E-state index contributed by atoms with van der Waals surface area (Å²) in [6.45, 7) is 6.10. The van der Waals surface area contributed by atoms with E-state index >= 15 is 0 Å². The molecular weight excluding hydrogens is 224 g/mol. The number of benzene rings is 1. The molecule has 1 unspecified atom stereocenters. The second kappa shape index (κ2) is 7.91. The summed E-state index contributed by atoms with van der Waals surface area (Å²) < 4.78 is 5.46. The summed E-state index contributed by atoms with van der Waals surface area (Å²) in [5, 5.41) is 0. The van der Waals surface area contributed by atoms with E-state index < -0.39 is 0 Å². The standard InChI is InChI=1S/C16H24O2/c1-4-5-6-7-11-14(3)18-16(17)15-12-9-8-10-13(15)2/h8-10,12,14H,4-7,11H2,1-3H3. The molecule has 0 amide bonds. The number of esters is 1. The van der Waals surface area contributed by atoms with E-state index in [1.807, 2.05) is 38.1 Å². The zero-order chi connectivity index (χ0) is 13.4. The highest BCUT2D eigenvalue weighted by Gasteiger charge is 2.13. The van der Waals surface area contributed by atoms with Gasteiger partial charge in [0.15, 0.2) is 0 Å². The smallest absolute Gasteiger partial charge is 0.338 e. The van der Waals surface area contributed by atoms with Gasteiger partial charge in [0.25, 0.3) is 0 Å². The summed E-state index contributed by atoms with van der Waals surface area (Å²) in [7, 11) is 0. The molecule has 0 saturated heterocycles.